The molecule has 0 aliphatic heterocycles. The van der Waals surface area contributed by atoms with Crippen LogP contribution in [0.5, 0.6) is 0 Å². The monoisotopic (exact) mass is 332 g/mol. The van der Waals surface area contributed by atoms with Crippen molar-refractivity contribution in [3.8, 4) is 0 Å². The van der Waals surface area contributed by atoms with Gasteiger partial charge in [0.05, 0.1) is 7.11 Å². The van der Waals surface area contributed by atoms with E-state index in [2.05, 4.69) is 30.6 Å². The Morgan fingerprint density at radius 3 is 2.96 bits per heavy atom. The SMILES string of the molecule is CCNC(=NCc1nnc2ccccn12)NCCCCC(=O)OC. The smallest absolute Gasteiger partial charge is 0.305 e. The maximum absolute atomic E-state index is 11.1. The number of aromatic nitrogens is 3. The average Bonchev–Trinajstić information content (AvgIpc) is 3.02. The number of hydrogen-bond acceptors (Lipinski definition) is 5. The molecule has 0 fully saturated rings. The maximum Gasteiger partial charge on any atom is 0.305 e. The largest absolute Gasteiger partial charge is 0.469 e. The van der Waals surface area contributed by atoms with Gasteiger partial charge in [-0.2, -0.15) is 0 Å². The van der Waals surface area contributed by atoms with E-state index in [0.29, 0.717) is 13.0 Å². The summed E-state index contributed by atoms with van der Waals surface area (Å²) in [5, 5.41) is 14.7. The number of carbonyl (C=O) groups excluding carboxylic acids is 1. The zero-order chi connectivity index (χ0) is 17.2. The van der Waals surface area contributed by atoms with Crippen molar-refractivity contribution in [3.05, 3.63) is 30.2 Å². The molecule has 24 heavy (non-hydrogen) atoms. The fourth-order valence-corrected chi connectivity index (χ4v) is 2.19. The van der Waals surface area contributed by atoms with Gasteiger partial charge < -0.3 is 15.4 Å². The van der Waals surface area contributed by atoms with Gasteiger partial charge in [-0.1, -0.05) is 6.07 Å². The quantitative estimate of drug-likeness (QED) is 0.326. The maximum atomic E-state index is 11.1. The molecule has 0 spiro atoms. The van der Waals surface area contributed by atoms with Crippen LogP contribution in [0, 0.1) is 0 Å². The number of esters is 1. The fraction of sp³-hybridized carbons (Fsp3) is 0.500. The lowest BCUT2D eigenvalue weighted by atomic mass is 10.2. The lowest BCUT2D eigenvalue weighted by molar-refractivity contribution is -0.140. The van der Waals surface area contributed by atoms with Gasteiger partial charge in [-0.25, -0.2) is 4.99 Å². The third kappa shape index (κ3) is 5.22. The second kappa shape index (κ2) is 9.49. The molecule has 130 valence electrons. The van der Waals surface area contributed by atoms with Crippen LogP contribution in [0.4, 0.5) is 0 Å². The second-order valence-corrected chi connectivity index (χ2v) is 5.20. The number of nitrogens with one attached hydrogen (secondary N) is 2. The van der Waals surface area contributed by atoms with Crippen LogP contribution in [-0.4, -0.2) is 46.7 Å². The molecule has 0 unspecified atom stereocenters. The first-order valence-electron chi connectivity index (χ1n) is 8.12. The summed E-state index contributed by atoms with van der Waals surface area (Å²) >= 11 is 0. The topological polar surface area (TPSA) is 92.9 Å². The van der Waals surface area contributed by atoms with Crippen LogP contribution in [0.15, 0.2) is 29.4 Å². The highest BCUT2D eigenvalue weighted by Gasteiger charge is 2.05. The van der Waals surface area contributed by atoms with Crippen molar-refractivity contribution >= 4 is 17.6 Å². The summed E-state index contributed by atoms with van der Waals surface area (Å²) < 4.78 is 6.54. The predicted molar refractivity (Wildman–Crippen MR) is 91.7 cm³/mol. The Labute approximate surface area is 141 Å². The van der Waals surface area contributed by atoms with Crippen molar-refractivity contribution in [1.29, 1.82) is 0 Å². The van der Waals surface area contributed by atoms with Crippen molar-refractivity contribution < 1.29 is 9.53 Å². The van der Waals surface area contributed by atoms with Gasteiger partial charge in [-0.05, 0) is 31.9 Å². The summed E-state index contributed by atoms with van der Waals surface area (Å²) in [5.74, 6) is 1.34. The number of rotatable bonds is 8. The van der Waals surface area contributed by atoms with Crippen LogP contribution < -0.4 is 10.6 Å². The minimum Gasteiger partial charge on any atom is -0.469 e. The number of ether oxygens (including phenoxy) is 1. The van der Waals surface area contributed by atoms with Crippen molar-refractivity contribution in [2.75, 3.05) is 20.2 Å². The van der Waals surface area contributed by atoms with Gasteiger partial charge in [0.2, 0.25) is 0 Å². The van der Waals surface area contributed by atoms with Gasteiger partial charge in [-0.15, -0.1) is 10.2 Å². The van der Waals surface area contributed by atoms with Crippen molar-refractivity contribution in [2.45, 2.75) is 32.7 Å². The molecule has 0 saturated heterocycles. The molecule has 2 heterocycles. The van der Waals surface area contributed by atoms with Crippen molar-refractivity contribution in [1.82, 2.24) is 25.2 Å². The highest BCUT2D eigenvalue weighted by atomic mass is 16.5. The molecule has 0 bridgehead atoms. The number of methoxy groups -OCH3 is 1. The van der Waals surface area contributed by atoms with E-state index in [1.54, 1.807) is 0 Å². The third-order valence-electron chi connectivity index (χ3n) is 3.43. The summed E-state index contributed by atoms with van der Waals surface area (Å²) in [6, 6.07) is 5.77. The van der Waals surface area contributed by atoms with Crippen molar-refractivity contribution in [3.63, 3.8) is 0 Å². The minimum atomic E-state index is -0.172. The molecule has 2 aromatic heterocycles. The summed E-state index contributed by atoms with van der Waals surface area (Å²) in [6.45, 7) is 3.96. The number of guanidine groups is 1. The molecule has 0 radical (unpaired) electrons. The van der Waals surface area contributed by atoms with Gasteiger partial charge in [0.15, 0.2) is 17.4 Å². The Morgan fingerprint density at radius 2 is 2.17 bits per heavy atom. The lowest BCUT2D eigenvalue weighted by Gasteiger charge is -2.10. The first-order valence-corrected chi connectivity index (χ1v) is 8.12. The highest BCUT2D eigenvalue weighted by molar-refractivity contribution is 5.79. The minimum absolute atomic E-state index is 0.172. The Kier molecular flexibility index (Phi) is 7.00. The normalized spacial score (nSPS) is 11.5. The Morgan fingerprint density at radius 1 is 1.29 bits per heavy atom. The van der Waals surface area contributed by atoms with E-state index in [1.807, 2.05) is 35.7 Å². The van der Waals surface area contributed by atoms with E-state index >= 15 is 0 Å². The van der Waals surface area contributed by atoms with Gasteiger partial charge in [0, 0.05) is 25.7 Å². The Balaban J connectivity index is 1.85. The molecule has 8 nitrogen and oxygen atoms in total. The molecular formula is C16H24N6O2. The van der Waals surface area contributed by atoms with Gasteiger partial charge in [-0.3, -0.25) is 9.20 Å². The van der Waals surface area contributed by atoms with Crippen LogP contribution in [0.2, 0.25) is 0 Å². The zero-order valence-electron chi connectivity index (χ0n) is 14.2. The summed E-state index contributed by atoms with van der Waals surface area (Å²) in [6.07, 6.45) is 4.02. The number of fused-ring (bicyclic) bond motifs is 1. The molecule has 0 aliphatic rings. The first-order chi connectivity index (χ1) is 11.7. The van der Waals surface area contributed by atoms with E-state index in [-0.39, 0.29) is 5.97 Å². The molecule has 0 aliphatic carbocycles. The van der Waals surface area contributed by atoms with E-state index in [0.717, 1.165) is 43.4 Å². The summed E-state index contributed by atoms with van der Waals surface area (Å²) in [4.78, 5) is 15.6. The van der Waals surface area contributed by atoms with Gasteiger partial charge in [0.1, 0.15) is 6.54 Å². The molecule has 2 aromatic rings. The highest BCUT2D eigenvalue weighted by Crippen LogP contribution is 2.03. The predicted octanol–water partition coefficient (Wildman–Crippen LogP) is 1.13. The van der Waals surface area contributed by atoms with E-state index in [9.17, 15) is 4.79 Å². The molecule has 8 heteroatoms. The van der Waals surface area contributed by atoms with E-state index in [4.69, 9.17) is 0 Å². The molecule has 0 saturated carbocycles. The molecular weight excluding hydrogens is 308 g/mol. The number of carbonyl (C=O) groups is 1. The number of aliphatic imine (C=N–C) groups is 1. The summed E-state index contributed by atoms with van der Waals surface area (Å²) in [7, 11) is 1.41. The number of nitrogens with zero attached hydrogens (tertiary/aromatic N) is 4. The molecule has 0 amide bonds. The molecule has 2 N–H and O–H groups in total. The Hall–Kier alpha value is -2.64. The second-order valence-electron chi connectivity index (χ2n) is 5.20. The zero-order valence-corrected chi connectivity index (χ0v) is 14.2. The first kappa shape index (κ1) is 17.7. The van der Waals surface area contributed by atoms with Gasteiger partial charge in [0.25, 0.3) is 0 Å². The molecule has 0 aromatic carbocycles. The number of hydrogen-bond donors (Lipinski definition) is 2. The Bertz CT molecular complexity index is 682. The standard InChI is InChI=1S/C16H24N6O2/c1-3-17-16(18-10-6-4-9-15(23)24-2)19-12-14-21-20-13-8-5-7-11-22(13)14/h5,7-8,11H,3-4,6,9-10,12H2,1-2H3,(H2,17,18,19). The fourth-order valence-electron chi connectivity index (χ4n) is 2.19. The van der Waals surface area contributed by atoms with E-state index in [1.165, 1.54) is 7.11 Å². The van der Waals surface area contributed by atoms with Crippen LogP contribution in [0.25, 0.3) is 5.65 Å². The number of pyridine rings is 1. The van der Waals surface area contributed by atoms with Crippen LogP contribution in [0.1, 0.15) is 32.0 Å². The summed E-state index contributed by atoms with van der Waals surface area (Å²) in [5.41, 5.74) is 0.809. The van der Waals surface area contributed by atoms with E-state index < -0.39 is 0 Å². The number of unbranched alkanes of at least 4 members (excludes halogenated alkanes) is 1. The molecule has 2 rings (SSSR count). The van der Waals surface area contributed by atoms with Crippen molar-refractivity contribution in [2.24, 2.45) is 4.99 Å². The van der Waals surface area contributed by atoms with Crippen LogP contribution in [-0.2, 0) is 16.1 Å². The van der Waals surface area contributed by atoms with Crippen LogP contribution in [0.3, 0.4) is 0 Å². The van der Waals surface area contributed by atoms with Gasteiger partial charge >= 0.3 is 5.97 Å². The third-order valence-corrected chi connectivity index (χ3v) is 3.43. The molecule has 0 atom stereocenters. The lowest BCUT2D eigenvalue weighted by Crippen LogP contribution is -2.37. The van der Waals surface area contributed by atoms with Crippen LogP contribution >= 0.6 is 0 Å². The average molecular weight is 332 g/mol.